The quantitative estimate of drug-likeness (QED) is 0.269. The molecule has 1 N–H and O–H groups in total. The number of cyclic esters (lactones) is 1. The van der Waals surface area contributed by atoms with E-state index in [4.69, 9.17) is 9.16 Å². The molecule has 0 amide bonds. The van der Waals surface area contributed by atoms with Crippen molar-refractivity contribution < 1.29 is 19.1 Å². The second-order valence-electron chi connectivity index (χ2n) is 9.01. The van der Waals surface area contributed by atoms with Crippen LogP contribution in [0.1, 0.15) is 73.1 Å². The third-order valence-electron chi connectivity index (χ3n) is 5.53. The molecule has 1 rings (SSSR count). The minimum atomic E-state index is -1.89. The van der Waals surface area contributed by atoms with Crippen LogP contribution in [0.2, 0.25) is 18.1 Å². The Bertz CT molecular complexity index is 463. The van der Waals surface area contributed by atoms with Gasteiger partial charge < -0.3 is 14.3 Å². The van der Waals surface area contributed by atoms with E-state index in [1.165, 1.54) is 12.8 Å². The van der Waals surface area contributed by atoms with Crippen molar-refractivity contribution in [3.63, 3.8) is 0 Å². The van der Waals surface area contributed by atoms with Crippen molar-refractivity contribution in [1.82, 2.24) is 0 Å². The monoisotopic (exact) mass is 370 g/mol. The molecule has 1 unspecified atom stereocenters. The third-order valence-corrected chi connectivity index (χ3v) is 10.0. The van der Waals surface area contributed by atoms with Crippen LogP contribution in [0.3, 0.4) is 0 Å². The Balaban J connectivity index is 2.83. The maximum absolute atomic E-state index is 11.3. The first-order chi connectivity index (χ1) is 11.4. The molecule has 146 valence electrons. The van der Waals surface area contributed by atoms with E-state index in [0.717, 1.165) is 12.8 Å². The molecule has 0 saturated carbocycles. The van der Waals surface area contributed by atoms with Crippen molar-refractivity contribution in [2.24, 2.45) is 0 Å². The van der Waals surface area contributed by atoms with Crippen molar-refractivity contribution in [2.75, 3.05) is 0 Å². The first kappa shape index (κ1) is 22.4. The van der Waals surface area contributed by atoms with Crippen LogP contribution in [0.5, 0.6) is 0 Å². The normalized spacial score (nSPS) is 22.9. The molecule has 0 aliphatic carbocycles. The van der Waals surface area contributed by atoms with Gasteiger partial charge in [0.15, 0.2) is 8.32 Å². The van der Waals surface area contributed by atoms with E-state index < -0.39 is 20.0 Å². The fourth-order valence-electron chi connectivity index (χ4n) is 2.69. The van der Waals surface area contributed by atoms with E-state index in [1.54, 1.807) is 13.0 Å². The molecule has 1 fully saturated rings. The summed E-state index contributed by atoms with van der Waals surface area (Å²) < 4.78 is 11.8. The minimum Gasteiger partial charge on any atom is -0.459 e. The number of esters is 1. The summed E-state index contributed by atoms with van der Waals surface area (Å²) in [6.07, 6.45) is 8.68. The number of carbonyl (C=O) groups excluding carboxylic acids is 1. The van der Waals surface area contributed by atoms with Crippen LogP contribution in [-0.2, 0) is 14.0 Å². The largest absolute Gasteiger partial charge is 0.459 e. The lowest BCUT2D eigenvalue weighted by Gasteiger charge is -2.39. The van der Waals surface area contributed by atoms with Gasteiger partial charge in [-0.1, -0.05) is 59.1 Å². The molecule has 0 aromatic heterocycles. The highest BCUT2D eigenvalue weighted by Crippen LogP contribution is 2.38. The highest BCUT2D eigenvalue weighted by atomic mass is 28.4. The van der Waals surface area contributed by atoms with E-state index in [9.17, 15) is 9.90 Å². The number of aliphatic hydroxyl groups is 1. The van der Waals surface area contributed by atoms with Crippen molar-refractivity contribution in [1.29, 1.82) is 0 Å². The maximum Gasteiger partial charge on any atom is 0.306 e. The van der Waals surface area contributed by atoms with E-state index in [1.807, 2.05) is 6.08 Å². The van der Waals surface area contributed by atoms with Gasteiger partial charge >= 0.3 is 5.97 Å². The topological polar surface area (TPSA) is 55.8 Å². The predicted molar refractivity (Wildman–Crippen MR) is 105 cm³/mol. The van der Waals surface area contributed by atoms with Crippen molar-refractivity contribution in [2.45, 2.75) is 109 Å². The molecule has 25 heavy (non-hydrogen) atoms. The van der Waals surface area contributed by atoms with E-state index in [2.05, 4.69) is 40.8 Å². The summed E-state index contributed by atoms with van der Waals surface area (Å²) in [5, 5.41) is 10.8. The Kier molecular flexibility index (Phi) is 7.90. The first-order valence-corrected chi connectivity index (χ1v) is 12.6. The minimum absolute atomic E-state index is 0.00368. The van der Waals surface area contributed by atoms with E-state index in [-0.39, 0.29) is 17.1 Å². The number of carbonyl (C=O) groups is 1. The summed E-state index contributed by atoms with van der Waals surface area (Å²) in [4.78, 5) is 11.3. The smallest absolute Gasteiger partial charge is 0.306 e. The molecule has 1 aliphatic rings. The molecule has 0 spiro atoms. The average Bonchev–Trinajstić information content (AvgIpc) is 2.91. The Morgan fingerprint density at radius 2 is 1.96 bits per heavy atom. The molecular formula is C20H38O4Si. The van der Waals surface area contributed by atoms with Gasteiger partial charge in [-0.15, -0.1) is 0 Å². The van der Waals surface area contributed by atoms with Crippen LogP contribution in [0, 0.1) is 0 Å². The SMILES string of the molecule is CCCCCC(/C=C/[C@@](C)(O)[C@H]1CCC(=O)O1)O[Si](C)(C)C(C)(C)C. The lowest BCUT2D eigenvalue weighted by molar-refractivity contribution is -0.148. The molecular weight excluding hydrogens is 332 g/mol. The molecule has 0 aromatic carbocycles. The van der Waals surface area contributed by atoms with Crippen LogP contribution in [0.15, 0.2) is 12.2 Å². The molecule has 5 heteroatoms. The second-order valence-corrected chi connectivity index (χ2v) is 13.8. The Hall–Kier alpha value is -0.653. The van der Waals surface area contributed by atoms with Gasteiger partial charge in [0, 0.05) is 6.42 Å². The molecule has 0 bridgehead atoms. The fraction of sp³-hybridized carbons (Fsp3) is 0.850. The molecule has 1 heterocycles. The van der Waals surface area contributed by atoms with Crippen LogP contribution < -0.4 is 0 Å². The summed E-state index contributed by atoms with van der Waals surface area (Å²) in [6, 6.07) is 0. The van der Waals surface area contributed by atoms with Gasteiger partial charge in [-0.2, -0.15) is 0 Å². The molecule has 0 radical (unpaired) electrons. The Labute approximate surface area is 155 Å². The summed E-state index contributed by atoms with van der Waals surface area (Å²) in [5.74, 6) is -0.226. The van der Waals surface area contributed by atoms with Gasteiger partial charge in [-0.25, -0.2) is 0 Å². The third kappa shape index (κ3) is 6.87. The zero-order valence-corrected chi connectivity index (χ0v) is 18.2. The van der Waals surface area contributed by atoms with Crippen LogP contribution in [0.4, 0.5) is 0 Å². The standard InChI is InChI=1S/C20H38O4Si/c1-8-9-10-11-16(24-25(6,7)19(2,3)4)14-15-20(5,22)17-12-13-18(21)23-17/h14-17,22H,8-13H2,1-7H3/b15-14+/t16?,17-,20-/m1/s1. The van der Waals surface area contributed by atoms with Gasteiger partial charge in [-0.3, -0.25) is 4.79 Å². The van der Waals surface area contributed by atoms with Crippen LogP contribution in [0.25, 0.3) is 0 Å². The van der Waals surface area contributed by atoms with Gasteiger partial charge in [0.25, 0.3) is 0 Å². The van der Waals surface area contributed by atoms with Gasteiger partial charge in [0.2, 0.25) is 0 Å². The fourth-order valence-corrected chi connectivity index (χ4v) is 4.00. The number of ether oxygens (including phenoxy) is 1. The van der Waals surface area contributed by atoms with Crippen LogP contribution in [-0.4, -0.2) is 37.2 Å². The van der Waals surface area contributed by atoms with Crippen molar-refractivity contribution in [3.8, 4) is 0 Å². The Morgan fingerprint density at radius 3 is 2.44 bits per heavy atom. The number of hydrogen-bond acceptors (Lipinski definition) is 4. The maximum atomic E-state index is 11.3. The summed E-state index contributed by atoms with van der Waals surface area (Å²) in [7, 11) is -1.89. The molecule has 1 saturated heterocycles. The number of hydrogen-bond donors (Lipinski definition) is 1. The van der Waals surface area contributed by atoms with E-state index in [0.29, 0.717) is 12.8 Å². The van der Waals surface area contributed by atoms with Gasteiger partial charge in [0.1, 0.15) is 11.7 Å². The van der Waals surface area contributed by atoms with Gasteiger partial charge in [0.05, 0.1) is 6.10 Å². The zero-order valence-electron chi connectivity index (χ0n) is 17.2. The van der Waals surface area contributed by atoms with Crippen LogP contribution >= 0.6 is 0 Å². The lowest BCUT2D eigenvalue weighted by atomic mass is 9.95. The lowest BCUT2D eigenvalue weighted by Crippen LogP contribution is -2.44. The second kappa shape index (κ2) is 8.83. The molecule has 0 aromatic rings. The summed E-state index contributed by atoms with van der Waals surface area (Å²) in [6.45, 7) is 15.1. The number of rotatable bonds is 9. The average molecular weight is 371 g/mol. The molecule has 3 atom stereocenters. The van der Waals surface area contributed by atoms with Gasteiger partial charge in [-0.05, 0) is 37.9 Å². The predicted octanol–water partition coefficient (Wildman–Crippen LogP) is 4.97. The highest BCUT2D eigenvalue weighted by Gasteiger charge is 2.40. The molecule has 4 nitrogen and oxygen atoms in total. The molecule has 1 aliphatic heterocycles. The first-order valence-electron chi connectivity index (χ1n) is 9.68. The highest BCUT2D eigenvalue weighted by molar-refractivity contribution is 6.74. The zero-order chi connectivity index (χ0) is 19.3. The van der Waals surface area contributed by atoms with Crippen molar-refractivity contribution >= 4 is 14.3 Å². The van der Waals surface area contributed by atoms with E-state index >= 15 is 0 Å². The number of unbranched alkanes of at least 4 members (excludes halogenated alkanes) is 2. The van der Waals surface area contributed by atoms with Crippen molar-refractivity contribution in [3.05, 3.63) is 12.2 Å². The summed E-state index contributed by atoms with van der Waals surface area (Å²) >= 11 is 0. The summed E-state index contributed by atoms with van der Waals surface area (Å²) in [5.41, 5.74) is -1.15. The Morgan fingerprint density at radius 1 is 1.32 bits per heavy atom.